The van der Waals surface area contributed by atoms with Crippen LogP contribution in [0.4, 0.5) is 0 Å². The molecule has 78 valence electrons. The minimum absolute atomic E-state index is 0.0952. The zero-order chi connectivity index (χ0) is 10.3. The minimum atomic E-state index is -0.0952. The number of nitrogens with zero attached hydrogens (tertiary/aromatic N) is 1. The maximum absolute atomic E-state index is 10.4. The van der Waals surface area contributed by atoms with Crippen LogP contribution in [0.25, 0.3) is 0 Å². The lowest BCUT2D eigenvalue weighted by molar-refractivity contribution is 0.307. The smallest absolute Gasteiger partial charge is 0.216 e. The Bertz CT molecular complexity index is 188. The maximum atomic E-state index is 10.4. The standard InChI is InChI=1S/C9H19NO2S/c1-4-5-6-10(7-8(2)3)9(11)13-12/h8,11H,4-7H2,1-3H3. The average molecular weight is 205 g/mol. The molecule has 1 N–H and O–H groups in total. The predicted molar refractivity (Wildman–Crippen MR) is 57.1 cm³/mol. The van der Waals surface area contributed by atoms with Crippen LogP contribution in [-0.4, -0.2) is 32.5 Å². The van der Waals surface area contributed by atoms with Crippen LogP contribution >= 0.6 is 0 Å². The maximum Gasteiger partial charge on any atom is 0.216 e. The second-order valence-electron chi connectivity index (χ2n) is 3.56. The largest absolute Gasteiger partial charge is 0.340 e. The van der Waals surface area contributed by atoms with Gasteiger partial charge in [0.05, 0.1) is 0 Å². The Morgan fingerprint density at radius 3 is 2.54 bits per heavy atom. The second-order valence-corrected chi connectivity index (χ2v) is 4.09. The fourth-order valence-electron chi connectivity index (χ4n) is 1.11. The Morgan fingerprint density at radius 2 is 2.15 bits per heavy atom. The summed E-state index contributed by atoms with van der Waals surface area (Å²) in [5.41, 5.74) is 0. The summed E-state index contributed by atoms with van der Waals surface area (Å²) < 4.78 is 10.4. The summed E-state index contributed by atoms with van der Waals surface area (Å²) in [4.78, 5) is 1.76. The quantitative estimate of drug-likeness (QED) is 0.693. The topological polar surface area (TPSA) is 40.5 Å². The Hall–Kier alpha value is -0.190. The van der Waals surface area contributed by atoms with Crippen LogP contribution in [-0.2, 0) is 11.3 Å². The lowest BCUT2D eigenvalue weighted by Crippen LogP contribution is -2.34. The van der Waals surface area contributed by atoms with Gasteiger partial charge in [0.1, 0.15) is 11.3 Å². The van der Waals surface area contributed by atoms with Gasteiger partial charge < -0.3 is 5.11 Å². The Kier molecular flexibility index (Phi) is 7.13. The molecular weight excluding hydrogens is 186 g/mol. The summed E-state index contributed by atoms with van der Waals surface area (Å²) in [7, 11) is 0. The van der Waals surface area contributed by atoms with Crippen molar-refractivity contribution in [2.75, 3.05) is 13.1 Å². The Labute approximate surface area is 83.8 Å². The van der Waals surface area contributed by atoms with Crippen molar-refractivity contribution in [1.29, 1.82) is 0 Å². The molecule has 0 aliphatic carbocycles. The van der Waals surface area contributed by atoms with E-state index in [-0.39, 0.29) is 16.4 Å². The number of hydrogen-bond acceptors (Lipinski definition) is 1. The zero-order valence-corrected chi connectivity index (χ0v) is 9.43. The highest BCUT2D eigenvalue weighted by Gasteiger charge is 2.10. The van der Waals surface area contributed by atoms with E-state index in [4.69, 9.17) is 0 Å². The van der Waals surface area contributed by atoms with Crippen molar-refractivity contribution in [1.82, 2.24) is 4.90 Å². The van der Waals surface area contributed by atoms with Crippen LogP contribution < -0.4 is 0 Å². The van der Waals surface area contributed by atoms with Crippen molar-refractivity contribution in [3.63, 3.8) is 0 Å². The first-order chi connectivity index (χ1) is 6.11. The molecule has 4 heteroatoms. The Morgan fingerprint density at radius 1 is 1.54 bits per heavy atom. The molecule has 0 aromatic heterocycles. The molecule has 3 nitrogen and oxygen atoms in total. The van der Waals surface area contributed by atoms with E-state index in [1.807, 2.05) is 0 Å². The van der Waals surface area contributed by atoms with Gasteiger partial charge in [-0.3, -0.25) is 0 Å². The van der Waals surface area contributed by atoms with Gasteiger partial charge in [0, 0.05) is 13.1 Å². The predicted octanol–water partition coefficient (Wildman–Crippen LogP) is 1.60. The van der Waals surface area contributed by atoms with E-state index in [9.17, 15) is 9.32 Å². The van der Waals surface area contributed by atoms with E-state index in [0.29, 0.717) is 5.92 Å². The van der Waals surface area contributed by atoms with E-state index >= 15 is 0 Å². The molecule has 0 unspecified atom stereocenters. The van der Waals surface area contributed by atoms with Crippen molar-refractivity contribution in [3.8, 4) is 0 Å². The molecular formula is C9H19NO2S. The normalized spacial score (nSPS) is 10.9. The minimum Gasteiger partial charge on any atom is -0.340 e. The van der Waals surface area contributed by atoms with Crippen LogP contribution in [0.1, 0.15) is 33.6 Å². The van der Waals surface area contributed by atoms with Crippen molar-refractivity contribution >= 4 is 16.4 Å². The first-order valence-corrected chi connectivity index (χ1v) is 5.46. The van der Waals surface area contributed by atoms with Crippen molar-refractivity contribution < 1.29 is 9.32 Å². The fourth-order valence-corrected chi connectivity index (χ4v) is 1.38. The van der Waals surface area contributed by atoms with Gasteiger partial charge in [-0.25, -0.2) is 9.11 Å². The fraction of sp³-hybridized carbons (Fsp3) is 0.889. The van der Waals surface area contributed by atoms with E-state index in [2.05, 4.69) is 20.8 Å². The highest BCUT2D eigenvalue weighted by molar-refractivity contribution is 7.65. The van der Waals surface area contributed by atoms with Gasteiger partial charge in [-0.05, 0) is 12.3 Å². The molecule has 0 aliphatic heterocycles. The molecule has 0 rings (SSSR count). The lowest BCUT2D eigenvalue weighted by Gasteiger charge is -2.20. The molecule has 0 aromatic carbocycles. The number of aliphatic hydroxyl groups excluding tert-OH is 1. The third-order valence-electron chi connectivity index (χ3n) is 1.71. The summed E-state index contributed by atoms with van der Waals surface area (Å²) in [5.74, 6) is 0.464. The molecule has 0 amide bonds. The van der Waals surface area contributed by atoms with Gasteiger partial charge in [-0.15, -0.1) is 0 Å². The first kappa shape index (κ1) is 12.8. The van der Waals surface area contributed by atoms with Crippen molar-refractivity contribution in [2.24, 2.45) is 5.92 Å². The van der Waals surface area contributed by atoms with E-state index in [1.165, 1.54) is 0 Å². The zero-order valence-electron chi connectivity index (χ0n) is 8.62. The van der Waals surface area contributed by atoms with Gasteiger partial charge in [0.2, 0.25) is 5.17 Å². The summed E-state index contributed by atoms with van der Waals surface area (Å²) >= 11 is 0.173. The molecule has 0 radical (unpaired) electrons. The average Bonchev–Trinajstić information content (AvgIpc) is 2.10. The Balaban J connectivity index is 4.11. The van der Waals surface area contributed by atoms with Crippen LogP contribution in [0.5, 0.6) is 0 Å². The lowest BCUT2D eigenvalue weighted by atomic mass is 10.2. The molecule has 0 atom stereocenters. The van der Waals surface area contributed by atoms with Crippen LogP contribution in [0.3, 0.4) is 0 Å². The summed E-state index contributed by atoms with van der Waals surface area (Å²) in [6, 6.07) is 0. The van der Waals surface area contributed by atoms with Gasteiger partial charge >= 0.3 is 0 Å². The summed E-state index contributed by atoms with van der Waals surface area (Å²) in [6.45, 7) is 7.76. The molecule has 0 saturated heterocycles. The van der Waals surface area contributed by atoms with Gasteiger partial charge in [-0.1, -0.05) is 27.2 Å². The molecule has 0 heterocycles. The third-order valence-corrected chi connectivity index (χ3v) is 2.12. The molecule has 0 spiro atoms. The second kappa shape index (κ2) is 7.24. The molecule has 0 bridgehead atoms. The number of unbranched alkanes of at least 4 members (excludes halogenated alkanes) is 1. The van der Waals surface area contributed by atoms with Gasteiger partial charge in [0.25, 0.3) is 0 Å². The van der Waals surface area contributed by atoms with Crippen LogP contribution in [0, 0.1) is 5.92 Å². The van der Waals surface area contributed by atoms with E-state index < -0.39 is 0 Å². The highest BCUT2D eigenvalue weighted by atomic mass is 32.1. The first-order valence-electron chi connectivity index (χ1n) is 4.72. The van der Waals surface area contributed by atoms with E-state index in [1.54, 1.807) is 4.90 Å². The van der Waals surface area contributed by atoms with Crippen molar-refractivity contribution in [3.05, 3.63) is 0 Å². The molecule has 0 aromatic rings. The van der Waals surface area contributed by atoms with Gasteiger partial charge in [-0.2, -0.15) is 0 Å². The molecule has 0 saturated carbocycles. The summed E-state index contributed by atoms with van der Waals surface area (Å²) in [5, 5.41) is 9.19. The van der Waals surface area contributed by atoms with E-state index in [0.717, 1.165) is 25.9 Å². The number of hydrogen-bond donors (Lipinski definition) is 1. The monoisotopic (exact) mass is 205 g/mol. The molecule has 13 heavy (non-hydrogen) atoms. The number of rotatable bonds is 5. The molecule has 0 fully saturated rings. The molecule has 0 aliphatic rings. The SMILES string of the molecule is CCCCN(CC(C)C)C(O)=S=O. The summed E-state index contributed by atoms with van der Waals surface area (Å²) in [6.07, 6.45) is 2.09. The van der Waals surface area contributed by atoms with Crippen LogP contribution in [0.2, 0.25) is 0 Å². The number of aliphatic hydroxyl groups is 1. The van der Waals surface area contributed by atoms with Crippen molar-refractivity contribution in [2.45, 2.75) is 33.6 Å². The van der Waals surface area contributed by atoms with Gasteiger partial charge in [0.15, 0.2) is 0 Å². The highest BCUT2D eigenvalue weighted by Crippen LogP contribution is 2.01. The van der Waals surface area contributed by atoms with Crippen LogP contribution in [0.15, 0.2) is 0 Å². The third kappa shape index (κ3) is 5.96.